The number of halogens is 1. The Kier molecular flexibility index (Phi) is 10.4. The molecule has 1 fully saturated rings. The van der Waals surface area contributed by atoms with Crippen LogP contribution in [-0.2, 0) is 4.74 Å². The van der Waals surface area contributed by atoms with Gasteiger partial charge in [0.05, 0.1) is 0 Å². The van der Waals surface area contributed by atoms with Crippen LogP contribution in [-0.4, -0.2) is 35.8 Å². The maximum absolute atomic E-state index is 5.25. The standard InChI is InChI=1S/C6H11O.BrH.Mg/c1-2-6-4-3-5-7-6;;/h4,6H,2-3,5H2,1H3;1H;/q-1;;+2/p-1. The van der Waals surface area contributed by atoms with Crippen LogP contribution in [0.2, 0.25) is 0 Å². The molecule has 1 heterocycles. The van der Waals surface area contributed by atoms with Crippen LogP contribution in [0.15, 0.2) is 0 Å². The molecule has 0 saturated carbocycles. The van der Waals surface area contributed by atoms with E-state index >= 15 is 0 Å². The average Bonchev–Trinajstić information content (AvgIpc) is 2.14. The van der Waals surface area contributed by atoms with Gasteiger partial charge in [0.15, 0.2) is 0 Å². The van der Waals surface area contributed by atoms with Crippen molar-refractivity contribution in [2.24, 2.45) is 0 Å². The number of hydrogen-bond acceptors (Lipinski definition) is 1. The molecule has 0 bridgehead atoms. The Morgan fingerprint density at radius 2 is 2.33 bits per heavy atom. The van der Waals surface area contributed by atoms with Crippen LogP contribution < -0.4 is 17.0 Å². The Hall–Kier alpha value is 1.21. The fourth-order valence-electron chi connectivity index (χ4n) is 0.826. The van der Waals surface area contributed by atoms with Gasteiger partial charge in [-0.15, -0.1) is 0 Å². The summed E-state index contributed by atoms with van der Waals surface area (Å²) in [4.78, 5) is 0. The first kappa shape index (κ1) is 12.8. The molecule has 1 rings (SSSR count). The van der Waals surface area contributed by atoms with E-state index in [1.807, 2.05) is 0 Å². The van der Waals surface area contributed by atoms with Crippen molar-refractivity contribution in [3.63, 3.8) is 0 Å². The van der Waals surface area contributed by atoms with Gasteiger partial charge in [0, 0.05) is 6.61 Å². The molecule has 1 unspecified atom stereocenters. The molecule has 1 saturated heterocycles. The second kappa shape index (κ2) is 7.31. The molecule has 50 valence electrons. The molecule has 1 atom stereocenters. The van der Waals surface area contributed by atoms with Crippen molar-refractivity contribution in [3.05, 3.63) is 6.42 Å². The van der Waals surface area contributed by atoms with Gasteiger partial charge >= 0.3 is 23.1 Å². The normalized spacial score (nSPS) is 24.3. The van der Waals surface area contributed by atoms with Crippen LogP contribution in [0.5, 0.6) is 0 Å². The summed E-state index contributed by atoms with van der Waals surface area (Å²) in [5, 5.41) is 0. The summed E-state index contributed by atoms with van der Waals surface area (Å²) in [5.41, 5.74) is 0. The molecule has 1 aliphatic heterocycles. The van der Waals surface area contributed by atoms with Crippen molar-refractivity contribution >= 4 is 23.1 Å². The van der Waals surface area contributed by atoms with E-state index in [4.69, 9.17) is 4.74 Å². The van der Waals surface area contributed by atoms with Gasteiger partial charge in [0.2, 0.25) is 0 Å². The van der Waals surface area contributed by atoms with Crippen LogP contribution in [0.4, 0.5) is 0 Å². The summed E-state index contributed by atoms with van der Waals surface area (Å²) in [6.45, 7) is 3.09. The Bertz CT molecular complexity index is 55.0. The fourth-order valence-corrected chi connectivity index (χ4v) is 0.826. The van der Waals surface area contributed by atoms with Gasteiger partial charge in [0.1, 0.15) is 0 Å². The molecule has 1 nitrogen and oxygen atoms in total. The Balaban J connectivity index is 0. The van der Waals surface area contributed by atoms with Crippen LogP contribution in [0.1, 0.15) is 19.8 Å². The summed E-state index contributed by atoms with van der Waals surface area (Å²) in [5.74, 6) is 0. The molecular formula is C6H11BrMgO. The summed E-state index contributed by atoms with van der Waals surface area (Å²) >= 11 is 0. The van der Waals surface area contributed by atoms with Crippen LogP contribution >= 0.6 is 0 Å². The third kappa shape index (κ3) is 4.59. The molecule has 0 amide bonds. The molecule has 9 heavy (non-hydrogen) atoms. The van der Waals surface area contributed by atoms with Crippen molar-refractivity contribution in [1.82, 2.24) is 0 Å². The quantitative estimate of drug-likeness (QED) is 0.354. The summed E-state index contributed by atoms with van der Waals surface area (Å²) < 4.78 is 5.25. The Labute approximate surface area is 83.5 Å². The fraction of sp³-hybridized carbons (Fsp3) is 0.833. The topological polar surface area (TPSA) is 9.23 Å². The second-order valence-electron chi connectivity index (χ2n) is 1.84. The zero-order valence-electron chi connectivity index (χ0n) is 5.77. The van der Waals surface area contributed by atoms with Gasteiger partial charge in [-0.3, -0.25) is 6.42 Å². The minimum absolute atomic E-state index is 0. The Morgan fingerprint density at radius 1 is 1.67 bits per heavy atom. The van der Waals surface area contributed by atoms with E-state index in [0.29, 0.717) is 6.10 Å². The van der Waals surface area contributed by atoms with Gasteiger partial charge in [0.25, 0.3) is 0 Å². The molecule has 0 aliphatic carbocycles. The Morgan fingerprint density at radius 3 is 2.56 bits per heavy atom. The first-order valence-corrected chi connectivity index (χ1v) is 2.88. The van der Waals surface area contributed by atoms with E-state index in [2.05, 4.69) is 13.3 Å². The smallest absolute Gasteiger partial charge is 1.00 e. The number of ether oxygens (including phenoxy) is 1. The summed E-state index contributed by atoms with van der Waals surface area (Å²) in [6.07, 6.45) is 5.00. The monoisotopic (exact) mass is 202 g/mol. The molecule has 0 aromatic carbocycles. The van der Waals surface area contributed by atoms with Crippen molar-refractivity contribution in [2.45, 2.75) is 25.9 Å². The predicted octanol–water partition coefficient (Wildman–Crippen LogP) is -1.99. The third-order valence-electron chi connectivity index (χ3n) is 1.28. The third-order valence-corrected chi connectivity index (χ3v) is 1.28. The number of rotatable bonds is 1. The second-order valence-corrected chi connectivity index (χ2v) is 1.84. The zero-order valence-corrected chi connectivity index (χ0v) is 8.77. The van der Waals surface area contributed by atoms with Crippen molar-refractivity contribution in [1.29, 1.82) is 0 Å². The first-order chi connectivity index (χ1) is 3.43. The van der Waals surface area contributed by atoms with Crippen LogP contribution in [0, 0.1) is 6.42 Å². The van der Waals surface area contributed by atoms with E-state index in [1.165, 1.54) is 0 Å². The van der Waals surface area contributed by atoms with E-state index < -0.39 is 0 Å². The van der Waals surface area contributed by atoms with Crippen molar-refractivity contribution in [2.75, 3.05) is 6.61 Å². The van der Waals surface area contributed by atoms with Crippen LogP contribution in [0.3, 0.4) is 0 Å². The maximum Gasteiger partial charge on any atom is 2.00 e. The minimum atomic E-state index is 0. The van der Waals surface area contributed by atoms with Gasteiger partial charge in [-0.1, -0.05) is 19.4 Å². The molecular weight excluding hydrogens is 192 g/mol. The van der Waals surface area contributed by atoms with Gasteiger partial charge in [-0.2, -0.15) is 6.42 Å². The molecule has 1 aliphatic rings. The van der Waals surface area contributed by atoms with Crippen molar-refractivity contribution in [3.8, 4) is 0 Å². The molecule has 0 aromatic heterocycles. The van der Waals surface area contributed by atoms with Crippen LogP contribution in [0.25, 0.3) is 0 Å². The van der Waals surface area contributed by atoms with E-state index in [-0.39, 0.29) is 40.0 Å². The predicted molar refractivity (Wildman–Crippen MR) is 34.7 cm³/mol. The molecule has 0 N–H and O–H groups in total. The molecule has 3 heteroatoms. The molecule has 0 spiro atoms. The largest absolute Gasteiger partial charge is 2.00 e. The van der Waals surface area contributed by atoms with Gasteiger partial charge < -0.3 is 21.7 Å². The minimum Gasteiger partial charge on any atom is -1.00 e. The zero-order chi connectivity index (χ0) is 5.11. The van der Waals surface area contributed by atoms with E-state index in [1.54, 1.807) is 0 Å². The summed E-state index contributed by atoms with van der Waals surface area (Å²) in [6, 6.07) is 0. The number of hydrogen-bond donors (Lipinski definition) is 0. The van der Waals surface area contributed by atoms with E-state index in [9.17, 15) is 0 Å². The first-order valence-electron chi connectivity index (χ1n) is 2.88. The molecule has 0 radical (unpaired) electrons. The molecule has 0 aromatic rings. The van der Waals surface area contributed by atoms with E-state index in [0.717, 1.165) is 19.4 Å². The van der Waals surface area contributed by atoms with Crippen molar-refractivity contribution < 1.29 is 21.7 Å². The maximum atomic E-state index is 5.25. The van der Waals surface area contributed by atoms with Gasteiger partial charge in [-0.25, -0.2) is 0 Å². The average molecular weight is 203 g/mol. The summed E-state index contributed by atoms with van der Waals surface area (Å²) in [7, 11) is 0. The SMILES string of the molecule is CCC1[CH-]CCO1.[Br-].[Mg+2]. The van der Waals surface area contributed by atoms with Gasteiger partial charge in [-0.05, 0) is 0 Å².